The van der Waals surface area contributed by atoms with Crippen LogP contribution in [-0.4, -0.2) is 32.8 Å². The molecule has 7 nitrogen and oxygen atoms in total. The smallest absolute Gasteiger partial charge is 0.422 e. The predicted octanol–water partition coefficient (Wildman–Crippen LogP) is 1.14. The van der Waals surface area contributed by atoms with Gasteiger partial charge >= 0.3 is 16.3 Å². The number of phenols is 1. The fraction of sp³-hybridized carbons (Fsp3) is 0.417. The van der Waals surface area contributed by atoms with Crippen molar-refractivity contribution in [3.8, 4) is 5.75 Å². The van der Waals surface area contributed by atoms with Crippen molar-refractivity contribution >= 4 is 22.0 Å². The molecule has 1 aliphatic rings. The van der Waals surface area contributed by atoms with Crippen molar-refractivity contribution in [2.45, 2.75) is 19.8 Å². The van der Waals surface area contributed by atoms with Gasteiger partial charge in [-0.15, -0.1) is 0 Å². The second kappa shape index (κ2) is 5.58. The minimum atomic E-state index is -4.09. The minimum Gasteiger partial charge on any atom is -0.506 e. The molecule has 20 heavy (non-hydrogen) atoms. The molecule has 0 fully saturated rings. The quantitative estimate of drug-likeness (QED) is 0.872. The van der Waals surface area contributed by atoms with E-state index in [1.807, 2.05) is 4.72 Å². The number of aromatic hydroxyl groups is 1. The maximum Gasteiger partial charge on any atom is 0.422 e. The number of anilines is 1. The summed E-state index contributed by atoms with van der Waals surface area (Å²) >= 11 is 0. The average molecular weight is 300 g/mol. The van der Waals surface area contributed by atoms with E-state index in [2.05, 4.69) is 4.74 Å². The van der Waals surface area contributed by atoms with Gasteiger partial charge in [0.2, 0.25) is 0 Å². The Hall–Kier alpha value is -1.96. The van der Waals surface area contributed by atoms with E-state index < -0.39 is 16.3 Å². The second-order valence-corrected chi connectivity index (χ2v) is 5.88. The van der Waals surface area contributed by atoms with E-state index in [1.165, 1.54) is 6.07 Å². The molecule has 2 N–H and O–H groups in total. The Labute approximate surface area is 117 Å². The molecular formula is C12H16N2O5S. The molecule has 110 valence electrons. The number of para-hydroxylation sites is 1. The van der Waals surface area contributed by atoms with Crippen molar-refractivity contribution in [2.24, 2.45) is 0 Å². The Morgan fingerprint density at radius 3 is 2.95 bits per heavy atom. The van der Waals surface area contributed by atoms with E-state index >= 15 is 0 Å². The number of nitrogens with zero attached hydrogens (tertiary/aromatic N) is 1. The Kier molecular flexibility index (Phi) is 4.03. The number of hydrogen-bond donors (Lipinski definition) is 2. The highest BCUT2D eigenvalue weighted by Gasteiger charge is 2.31. The average Bonchev–Trinajstić information content (AvgIpc) is 2.38. The molecule has 8 heteroatoms. The van der Waals surface area contributed by atoms with Crippen LogP contribution in [0.2, 0.25) is 0 Å². The molecule has 0 unspecified atom stereocenters. The maximum absolute atomic E-state index is 12.2. The van der Waals surface area contributed by atoms with Gasteiger partial charge in [0.15, 0.2) is 0 Å². The summed E-state index contributed by atoms with van der Waals surface area (Å²) in [4.78, 5) is 11.3. The third-order valence-corrected chi connectivity index (χ3v) is 4.30. The van der Waals surface area contributed by atoms with Crippen LogP contribution in [0.15, 0.2) is 18.2 Å². The number of hydrogen-bond acceptors (Lipinski definition) is 5. The van der Waals surface area contributed by atoms with Crippen molar-refractivity contribution in [2.75, 3.05) is 17.5 Å². The molecule has 1 aromatic carbocycles. The summed E-state index contributed by atoms with van der Waals surface area (Å²) in [6.45, 7) is 1.84. The Balaban J connectivity index is 2.33. The number of benzene rings is 1. The molecule has 0 aromatic heterocycles. The van der Waals surface area contributed by atoms with Crippen molar-refractivity contribution in [1.29, 1.82) is 0 Å². The number of rotatable bonds is 3. The topological polar surface area (TPSA) is 95.9 Å². The van der Waals surface area contributed by atoms with Gasteiger partial charge in [-0.25, -0.2) is 13.8 Å². The number of ether oxygens (including phenoxy) is 1. The van der Waals surface area contributed by atoms with Crippen LogP contribution in [0.4, 0.5) is 10.5 Å². The summed E-state index contributed by atoms with van der Waals surface area (Å²) in [7, 11) is -4.09. The molecule has 0 atom stereocenters. The summed E-state index contributed by atoms with van der Waals surface area (Å²) in [6.07, 6.45) is 0.255. The van der Waals surface area contributed by atoms with E-state index in [-0.39, 0.29) is 24.6 Å². The third kappa shape index (κ3) is 2.79. The Morgan fingerprint density at radius 1 is 1.50 bits per heavy atom. The van der Waals surface area contributed by atoms with Gasteiger partial charge in [0.05, 0.1) is 12.3 Å². The first-order chi connectivity index (χ1) is 9.45. The zero-order valence-corrected chi connectivity index (χ0v) is 11.8. The number of phenolic OH excluding ortho intramolecular Hbond substituents is 1. The van der Waals surface area contributed by atoms with Crippen molar-refractivity contribution in [1.82, 2.24) is 4.72 Å². The molecule has 0 spiro atoms. The van der Waals surface area contributed by atoms with Crippen molar-refractivity contribution in [3.05, 3.63) is 23.8 Å². The van der Waals surface area contributed by atoms with Gasteiger partial charge in [-0.2, -0.15) is 8.42 Å². The highest BCUT2D eigenvalue weighted by atomic mass is 32.2. The lowest BCUT2D eigenvalue weighted by Crippen LogP contribution is -2.46. The molecule has 0 bridgehead atoms. The number of carbonyl (C=O) groups excluding carboxylic acids is 1. The van der Waals surface area contributed by atoms with Crippen LogP contribution < -0.4 is 9.03 Å². The molecule has 0 saturated heterocycles. The SMILES string of the molecule is CCOC(=O)NS(=O)(=O)N1CCCc2cccc(O)c21. The summed E-state index contributed by atoms with van der Waals surface area (Å²) < 4.78 is 31.8. The van der Waals surface area contributed by atoms with Crippen LogP contribution in [0.3, 0.4) is 0 Å². The minimum absolute atomic E-state index is 0.0726. The van der Waals surface area contributed by atoms with Gasteiger partial charge in [0, 0.05) is 6.54 Å². The number of carbonyl (C=O) groups is 1. The summed E-state index contributed by atoms with van der Waals surface area (Å²) in [5, 5.41) is 9.88. The van der Waals surface area contributed by atoms with Crippen molar-refractivity contribution < 1.29 is 23.1 Å². The van der Waals surface area contributed by atoms with Gasteiger partial charge in [0.1, 0.15) is 5.75 Å². The van der Waals surface area contributed by atoms with Gasteiger partial charge in [-0.05, 0) is 31.4 Å². The molecule has 1 amide bonds. The first kappa shape index (κ1) is 14.4. The van der Waals surface area contributed by atoms with Gasteiger partial charge in [-0.1, -0.05) is 12.1 Å². The van der Waals surface area contributed by atoms with Gasteiger partial charge in [-0.3, -0.25) is 0 Å². The number of nitrogens with one attached hydrogen (secondary N) is 1. The van der Waals surface area contributed by atoms with Crippen LogP contribution in [0.5, 0.6) is 5.75 Å². The van der Waals surface area contributed by atoms with Crippen LogP contribution in [0.1, 0.15) is 18.9 Å². The lowest BCUT2D eigenvalue weighted by Gasteiger charge is -2.30. The van der Waals surface area contributed by atoms with E-state index in [4.69, 9.17) is 0 Å². The first-order valence-corrected chi connectivity index (χ1v) is 7.68. The van der Waals surface area contributed by atoms with Gasteiger partial charge in [0.25, 0.3) is 0 Å². The molecule has 2 rings (SSSR count). The van der Waals surface area contributed by atoms with Gasteiger partial charge < -0.3 is 9.84 Å². The normalized spacial score (nSPS) is 14.6. The molecular weight excluding hydrogens is 284 g/mol. The summed E-state index contributed by atoms with van der Waals surface area (Å²) in [6, 6.07) is 4.82. The zero-order chi connectivity index (χ0) is 14.8. The maximum atomic E-state index is 12.2. The first-order valence-electron chi connectivity index (χ1n) is 6.24. The van der Waals surface area contributed by atoms with Crippen LogP contribution >= 0.6 is 0 Å². The van der Waals surface area contributed by atoms with E-state index in [0.717, 1.165) is 9.87 Å². The third-order valence-electron chi connectivity index (χ3n) is 2.93. The molecule has 0 aliphatic carbocycles. The highest BCUT2D eigenvalue weighted by Crippen LogP contribution is 2.36. The number of amides is 1. The van der Waals surface area contributed by atoms with Crippen molar-refractivity contribution in [3.63, 3.8) is 0 Å². The number of aryl methyl sites for hydroxylation is 1. The zero-order valence-electron chi connectivity index (χ0n) is 11.0. The molecule has 1 aliphatic heterocycles. The van der Waals surface area contributed by atoms with Crippen LogP contribution in [0, 0.1) is 0 Å². The summed E-state index contributed by atoms with van der Waals surface area (Å²) in [5.74, 6) is -0.128. The Bertz CT molecular complexity index is 614. The largest absolute Gasteiger partial charge is 0.506 e. The van der Waals surface area contributed by atoms with Crippen LogP contribution in [0.25, 0.3) is 0 Å². The van der Waals surface area contributed by atoms with E-state index in [1.54, 1.807) is 19.1 Å². The second-order valence-electron chi connectivity index (χ2n) is 4.29. The standard InChI is InChI=1S/C12H16N2O5S/c1-2-19-12(16)13-20(17,18)14-8-4-6-9-5-3-7-10(15)11(9)14/h3,5,7,15H,2,4,6,8H2,1H3,(H,13,16). The lowest BCUT2D eigenvalue weighted by atomic mass is 10.0. The molecule has 1 heterocycles. The Morgan fingerprint density at radius 2 is 2.25 bits per heavy atom. The number of fused-ring (bicyclic) bond motifs is 1. The molecule has 0 saturated carbocycles. The summed E-state index contributed by atoms with van der Waals surface area (Å²) in [5.41, 5.74) is 0.945. The lowest BCUT2D eigenvalue weighted by molar-refractivity contribution is 0.158. The monoisotopic (exact) mass is 300 g/mol. The van der Waals surface area contributed by atoms with E-state index in [0.29, 0.717) is 12.8 Å². The fourth-order valence-corrected chi connectivity index (χ4v) is 3.35. The van der Waals surface area contributed by atoms with Crippen LogP contribution in [-0.2, 0) is 21.4 Å². The molecule has 1 aromatic rings. The fourth-order valence-electron chi connectivity index (χ4n) is 2.15. The van der Waals surface area contributed by atoms with E-state index in [9.17, 15) is 18.3 Å². The predicted molar refractivity (Wildman–Crippen MR) is 72.9 cm³/mol. The highest BCUT2D eigenvalue weighted by molar-refractivity contribution is 7.91. The molecule has 0 radical (unpaired) electrons.